The molecule has 0 aromatic carbocycles. The number of nitrogens with one attached hydrogen (secondary N) is 1. The summed E-state index contributed by atoms with van der Waals surface area (Å²) in [6, 6.07) is -0.763. The fourth-order valence-electron chi connectivity index (χ4n) is 3.28. The maximum atomic E-state index is 11.9. The van der Waals surface area contributed by atoms with Gasteiger partial charge in [-0.1, -0.05) is 90.7 Å². The molecule has 4 nitrogen and oxygen atoms in total. The van der Waals surface area contributed by atoms with Crippen LogP contribution in [-0.4, -0.2) is 23.0 Å². The lowest BCUT2D eigenvalue weighted by Gasteiger charge is -2.20. The molecule has 0 saturated heterocycles. The van der Waals surface area contributed by atoms with E-state index in [4.69, 9.17) is 0 Å². The van der Waals surface area contributed by atoms with Crippen LogP contribution in [0.1, 0.15) is 117 Å². The molecule has 0 fully saturated rings. The highest BCUT2D eigenvalue weighted by molar-refractivity contribution is 5.83. The van der Waals surface area contributed by atoms with Crippen molar-refractivity contribution in [1.29, 1.82) is 0 Å². The van der Waals surface area contributed by atoms with Crippen molar-refractivity contribution < 1.29 is 14.7 Å². The van der Waals surface area contributed by atoms with Crippen molar-refractivity contribution in [2.45, 2.75) is 123 Å². The number of carboxylic acids is 1. The molecule has 0 radical (unpaired) electrons. The summed E-state index contributed by atoms with van der Waals surface area (Å²) in [6.45, 7) is 6.06. The Hall–Kier alpha value is -1.32. The second kappa shape index (κ2) is 19.0. The summed E-state index contributed by atoms with van der Waals surface area (Å²) < 4.78 is 0. The maximum absolute atomic E-state index is 11.9. The summed E-state index contributed by atoms with van der Waals surface area (Å²) in [6.07, 6.45) is 21.8. The lowest BCUT2D eigenvalue weighted by atomic mass is 9.99. The molecule has 0 aliphatic rings. The first-order valence-corrected chi connectivity index (χ1v) is 11.7. The number of amides is 1. The van der Waals surface area contributed by atoms with Gasteiger partial charge < -0.3 is 10.4 Å². The Labute approximate surface area is 173 Å². The van der Waals surface area contributed by atoms with E-state index in [1.807, 2.05) is 13.8 Å². The molecular formula is C24H45NO3. The van der Waals surface area contributed by atoms with Crippen molar-refractivity contribution in [3.8, 4) is 0 Å². The topological polar surface area (TPSA) is 66.4 Å². The lowest BCUT2D eigenvalue weighted by Crippen LogP contribution is -2.44. The number of allylic oxidation sites excluding steroid dienone is 2. The summed E-state index contributed by atoms with van der Waals surface area (Å²) in [5, 5.41) is 11.9. The van der Waals surface area contributed by atoms with Gasteiger partial charge in [-0.3, -0.25) is 4.79 Å². The van der Waals surface area contributed by atoms with Crippen LogP contribution in [0.15, 0.2) is 12.2 Å². The van der Waals surface area contributed by atoms with E-state index in [1.54, 1.807) is 0 Å². The van der Waals surface area contributed by atoms with Crippen LogP contribution in [0.2, 0.25) is 0 Å². The van der Waals surface area contributed by atoms with Crippen molar-refractivity contribution in [2.24, 2.45) is 5.92 Å². The fraction of sp³-hybridized carbons (Fsp3) is 0.833. The Morgan fingerprint density at radius 3 is 1.82 bits per heavy atom. The van der Waals surface area contributed by atoms with E-state index in [2.05, 4.69) is 24.4 Å². The molecule has 0 aromatic heterocycles. The van der Waals surface area contributed by atoms with Crippen LogP contribution in [0.4, 0.5) is 0 Å². The lowest BCUT2D eigenvalue weighted by molar-refractivity contribution is -0.143. The molecular weight excluding hydrogens is 350 g/mol. The number of carbonyl (C=O) groups is 2. The van der Waals surface area contributed by atoms with Gasteiger partial charge in [0.05, 0.1) is 0 Å². The van der Waals surface area contributed by atoms with Crippen molar-refractivity contribution in [1.82, 2.24) is 5.32 Å². The van der Waals surface area contributed by atoms with E-state index in [0.29, 0.717) is 6.42 Å². The van der Waals surface area contributed by atoms with E-state index in [-0.39, 0.29) is 11.8 Å². The number of hydrogen-bond donors (Lipinski definition) is 2. The van der Waals surface area contributed by atoms with Gasteiger partial charge in [0, 0.05) is 6.42 Å². The van der Waals surface area contributed by atoms with Crippen molar-refractivity contribution in [3.63, 3.8) is 0 Å². The predicted molar refractivity (Wildman–Crippen MR) is 118 cm³/mol. The molecule has 0 rings (SSSR count). The van der Waals surface area contributed by atoms with Gasteiger partial charge in [-0.05, 0) is 38.0 Å². The first kappa shape index (κ1) is 26.7. The number of carbonyl (C=O) groups excluding carboxylic acids is 1. The summed E-state index contributed by atoms with van der Waals surface area (Å²) in [4.78, 5) is 23.2. The first-order valence-electron chi connectivity index (χ1n) is 11.7. The highest BCUT2D eigenvalue weighted by Gasteiger charge is 2.24. The number of unbranched alkanes of at least 4 members (excludes halogenated alkanes) is 11. The van der Waals surface area contributed by atoms with E-state index >= 15 is 0 Å². The number of hydrogen-bond acceptors (Lipinski definition) is 2. The Kier molecular flexibility index (Phi) is 18.1. The fourth-order valence-corrected chi connectivity index (χ4v) is 3.28. The third-order valence-electron chi connectivity index (χ3n) is 5.46. The standard InChI is InChI=1S/C24H45NO3/c1-4-6-7-8-9-10-11-12-13-14-15-16-17-18-19-20-22(26)25-23(24(27)28)21(3)5-2/h12-13,21,23H,4-11,14-20H2,1-3H3,(H,25,26)(H,27,28)/b13-12+. The van der Waals surface area contributed by atoms with Crippen LogP contribution in [-0.2, 0) is 9.59 Å². The van der Waals surface area contributed by atoms with E-state index in [0.717, 1.165) is 32.1 Å². The molecule has 2 unspecified atom stereocenters. The Morgan fingerprint density at radius 1 is 0.821 bits per heavy atom. The number of carboxylic acid groups (broad SMARTS) is 1. The minimum atomic E-state index is -0.938. The zero-order valence-electron chi connectivity index (χ0n) is 18.7. The molecule has 0 spiro atoms. The quantitative estimate of drug-likeness (QED) is 0.190. The Balaban J connectivity index is 3.52. The van der Waals surface area contributed by atoms with Gasteiger partial charge in [-0.15, -0.1) is 0 Å². The molecule has 0 aromatic rings. The van der Waals surface area contributed by atoms with Gasteiger partial charge in [0.2, 0.25) is 5.91 Å². The predicted octanol–water partition coefficient (Wildman–Crippen LogP) is 6.64. The Morgan fingerprint density at radius 2 is 1.32 bits per heavy atom. The van der Waals surface area contributed by atoms with Crippen LogP contribution in [0.5, 0.6) is 0 Å². The van der Waals surface area contributed by atoms with Crippen LogP contribution in [0.25, 0.3) is 0 Å². The second-order valence-corrected chi connectivity index (χ2v) is 8.10. The highest BCUT2D eigenvalue weighted by Crippen LogP contribution is 2.11. The van der Waals surface area contributed by atoms with Crippen LogP contribution in [0.3, 0.4) is 0 Å². The molecule has 0 aliphatic carbocycles. The van der Waals surface area contributed by atoms with Crippen LogP contribution in [0, 0.1) is 5.92 Å². The van der Waals surface area contributed by atoms with E-state index in [1.165, 1.54) is 57.8 Å². The number of rotatable bonds is 19. The smallest absolute Gasteiger partial charge is 0.326 e. The largest absolute Gasteiger partial charge is 0.480 e. The average Bonchev–Trinajstić information content (AvgIpc) is 2.68. The molecule has 4 heteroatoms. The zero-order valence-corrected chi connectivity index (χ0v) is 18.7. The summed E-state index contributed by atoms with van der Waals surface area (Å²) in [7, 11) is 0. The monoisotopic (exact) mass is 395 g/mol. The summed E-state index contributed by atoms with van der Waals surface area (Å²) in [5.41, 5.74) is 0. The Bertz CT molecular complexity index is 420. The van der Waals surface area contributed by atoms with Gasteiger partial charge in [0.25, 0.3) is 0 Å². The minimum Gasteiger partial charge on any atom is -0.480 e. The molecule has 164 valence electrons. The van der Waals surface area contributed by atoms with Gasteiger partial charge in [0.15, 0.2) is 0 Å². The normalized spacial score (nSPS) is 13.5. The highest BCUT2D eigenvalue weighted by atomic mass is 16.4. The number of aliphatic carboxylic acids is 1. The summed E-state index contributed by atoms with van der Waals surface area (Å²) >= 11 is 0. The van der Waals surface area contributed by atoms with E-state index in [9.17, 15) is 14.7 Å². The summed E-state index contributed by atoms with van der Waals surface area (Å²) in [5.74, 6) is -1.12. The zero-order chi connectivity index (χ0) is 21.0. The van der Waals surface area contributed by atoms with Gasteiger partial charge >= 0.3 is 5.97 Å². The maximum Gasteiger partial charge on any atom is 0.326 e. The van der Waals surface area contributed by atoms with Gasteiger partial charge in [-0.2, -0.15) is 0 Å². The van der Waals surface area contributed by atoms with E-state index < -0.39 is 12.0 Å². The first-order chi connectivity index (χ1) is 13.5. The third-order valence-corrected chi connectivity index (χ3v) is 5.46. The molecule has 2 atom stereocenters. The SMILES string of the molecule is CCCCCCCC/C=C/CCCCCCCC(=O)NC(C(=O)O)C(C)CC. The van der Waals surface area contributed by atoms with Crippen LogP contribution < -0.4 is 5.32 Å². The molecule has 0 aliphatic heterocycles. The second-order valence-electron chi connectivity index (χ2n) is 8.10. The average molecular weight is 396 g/mol. The van der Waals surface area contributed by atoms with Gasteiger partial charge in [0.1, 0.15) is 6.04 Å². The molecule has 0 saturated carbocycles. The van der Waals surface area contributed by atoms with Gasteiger partial charge in [-0.25, -0.2) is 4.79 Å². The van der Waals surface area contributed by atoms with Crippen molar-refractivity contribution >= 4 is 11.9 Å². The minimum absolute atomic E-state index is 0.0458. The molecule has 1 amide bonds. The van der Waals surface area contributed by atoms with Crippen molar-refractivity contribution in [3.05, 3.63) is 12.2 Å². The molecule has 28 heavy (non-hydrogen) atoms. The van der Waals surface area contributed by atoms with Crippen molar-refractivity contribution in [2.75, 3.05) is 0 Å². The molecule has 2 N–H and O–H groups in total. The third kappa shape index (κ3) is 15.7. The molecule has 0 bridgehead atoms. The van der Waals surface area contributed by atoms with Crippen LogP contribution >= 0.6 is 0 Å². The molecule has 0 heterocycles.